The van der Waals surface area contributed by atoms with Crippen molar-refractivity contribution in [2.45, 2.75) is 66.5 Å². The minimum atomic E-state index is -0.459. The molecule has 6 nitrogen and oxygen atoms in total. The van der Waals surface area contributed by atoms with E-state index in [4.69, 9.17) is 4.84 Å². The smallest absolute Gasteiger partial charge is 0.234 e. The number of benzene rings is 7. The van der Waals surface area contributed by atoms with E-state index in [1.165, 1.54) is 38.9 Å². The SMILES string of the molecule is CCC(=NOC)[C@@H]1C2CCC(C[C@H]1c1ccc(F)cc1)N2CCCN(CCSC(c1ccccc1)(c1ccccc1)c1ccccc1)CC(=O)NCCSC(c1ccccc1)(c1ccccc1)c1ccccc1. The Morgan fingerprint density at radius 1 is 0.644 bits per heavy atom. The fraction of sp³-hybridized carbons (Fsp3) is 0.312. The number of thioether (sulfide) groups is 2. The van der Waals surface area contributed by atoms with Crippen LogP contribution in [0.2, 0.25) is 0 Å². The maximum Gasteiger partial charge on any atom is 0.234 e. The highest BCUT2D eigenvalue weighted by molar-refractivity contribution is 8.00. The Balaban J connectivity index is 0.943. The van der Waals surface area contributed by atoms with Crippen molar-refractivity contribution in [3.05, 3.63) is 251 Å². The number of hydrogen-bond acceptors (Lipinski definition) is 7. The molecule has 7 aromatic rings. The molecule has 0 radical (unpaired) electrons. The van der Waals surface area contributed by atoms with Crippen molar-refractivity contribution >= 4 is 35.1 Å². The van der Waals surface area contributed by atoms with Gasteiger partial charge in [-0.05, 0) is 102 Å². The molecule has 1 N–H and O–H groups in total. The van der Waals surface area contributed by atoms with E-state index >= 15 is 0 Å². The van der Waals surface area contributed by atoms with E-state index < -0.39 is 9.49 Å². The summed E-state index contributed by atoms with van der Waals surface area (Å²) in [5, 5.41) is 8.00. The molecular weight excluding hydrogens is 940 g/mol. The van der Waals surface area contributed by atoms with E-state index in [1.807, 2.05) is 35.7 Å². The summed E-state index contributed by atoms with van der Waals surface area (Å²) >= 11 is 3.82. The molecule has 2 unspecified atom stereocenters. The predicted molar refractivity (Wildman–Crippen MR) is 303 cm³/mol. The molecule has 7 aromatic carbocycles. The van der Waals surface area contributed by atoms with E-state index in [-0.39, 0.29) is 23.6 Å². The van der Waals surface area contributed by atoms with E-state index in [0.717, 1.165) is 69.0 Å². The Bertz CT molecular complexity index is 2600. The highest BCUT2D eigenvalue weighted by Crippen LogP contribution is 2.51. The number of hydrogen-bond donors (Lipinski definition) is 1. The van der Waals surface area contributed by atoms with Gasteiger partial charge < -0.3 is 10.2 Å². The monoisotopic (exact) mass is 1010 g/mol. The number of rotatable bonds is 24. The summed E-state index contributed by atoms with van der Waals surface area (Å²) in [5.74, 6) is 1.78. The lowest BCUT2D eigenvalue weighted by molar-refractivity contribution is -0.122. The van der Waals surface area contributed by atoms with Crippen LogP contribution in [-0.4, -0.2) is 84.8 Å². The molecular formula is C64H69FN4O2S2. The molecule has 9 heteroatoms. The topological polar surface area (TPSA) is 57.2 Å². The minimum absolute atomic E-state index is 0.0411. The number of halogens is 1. The van der Waals surface area contributed by atoms with Gasteiger partial charge in [0.1, 0.15) is 12.9 Å². The van der Waals surface area contributed by atoms with Crippen molar-refractivity contribution in [3.63, 3.8) is 0 Å². The third-order valence-corrected chi connectivity index (χ3v) is 18.2. The van der Waals surface area contributed by atoms with Gasteiger partial charge in [0.25, 0.3) is 0 Å². The Kier molecular flexibility index (Phi) is 18.0. The zero-order valence-electron chi connectivity index (χ0n) is 42.3. The number of oxime groups is 1. The number of fused-ring (bicyclic) bond motifs is 2. The van der Waals surface area contributed by atoms with E-state index in [2.05, 4.69) is 209 Å². The average Bonchev–Trinajstić information content (AvgIpc) is 3.73. The van der Waals surface area contributed by atoms with Crippen molar-refractivity contribution in [2.24, 2.45) is 11.1 Å². The van der Waals surface area contributed by atoms with Crippen LogP contribution in [0.1, 0.15) is 83.9 Å². The zero-order valence-corrected chi connectivity index (χ0v) is 43.9. The van der Waals surface area contributed by atoms with Crippen LogP contribution >= 0.6 is 23.5 Å². The van der Waals surface area contributed by atoms with E-state index in [9.17, 15) is 9.18 Å². The highest BCUT2D eigenvalue weighted by atomic mass is 32.2. The van der Waals surface area contributed by atoms with E-state index in [0.29, 0.717) is 25.2 Å². The van der Waals surface area contributed by atoms with Crippen molar-refractivity contribution in [1.82, 2.24) is 15.1 Å². The number of amides is 1. The van der Waals surface area contributed by atoms with E-state index in [1.54, 1.807) is 19.2 Å². The van der Waals surface area contributed by atoms with Crippen LogP contribution in [-0.2, 0) is 19.1 Å². The summed E-state index contributed by atoms with van der Waals surface area (Å²) in [6, 6.07) is 72.7. The molecule has 2 fully saturated rings. The van der Waals surface area contributed by atoms with Crippen LogP contribution in [0.5, 0.6) is 0 Å². The molecule has 0 saturated carbocycles. The van der Waals surface area contributed by atoms with Gasteiger partial charge in [-0.2, -0.15) is 0 Å². The molecule has 376 valence electrons. The molecule has 73 heavy (non-hydrogen) atoms. The van der Waals surface area contributed by atoms with Crippen molar-refractivity contribution in [1.29, 1.82) is 0 Å². The average molecular weight is 1010 g/mol. The molecule has 2 aliphatic heterocycles. The molecule has 2 bridgehead atoms. The van der Waals surface area contributed by atoms with Crippen molar-refractivity contribution < 1.29 is 14.0 Å². The molecule has 2 heterocycles. The molecule has 0 spiro atoms. The first kappa shape index (κ1) is 51.9. The lowest BCUT2D eigenvalue weighted by atomic mass is 9.73. The summed E-state index contributed by atoms with van der Waals surface area (Å²) in [6.07, 6.45) is 4.94. The van der Waals surface area contributed by atoms with Crippen LogP contribution in [0, 0.1) is 11.7 Å². The number of piperidine rings is 1. The molecule has 9 rings (SSSR count). The lowest BCUT2D eigenvalue weighted by Gasteiger charge is -2.45. The second-order valence-corrected chi connectivity index (χ2v) is 21.9. The maximum atomic E-state index is 14.4. The van der Waals surface area contributed by atoms with Gasteiger partial charge in [0.2, 0.25) is 5.91 Å². The third-order valence-electron chi connectivity index (χ3n) is 15.1. The minimum Gasteiger partial charge on any atom is -0.399 e. The normalized spacial score (nSPS) is 18.2. The number of nitrogens with zero attached hydrogens (tertiary/aromatic N) is 3. The van der Waals surface area contributed by atoms with Crippen LogP contribution in [0.15, 0.2) is 211 Å². The Hall–Kier alpha value is -5.97. The van der Waals surface area contributed by atoms with Gasteiger partial charge in [-0.15, -0.1) is 23.5 Å². The van der Waals surface area contributed by atoms with Crippen molar-refractivity contribution in [3.8, 4) is 0 Å². The molecule has 1 amide bonds. The second-order valence-electron chi connectivity index (χ2n) is 19.3. The summed E-state index contributed by atoms with van der Waals surface area (Å²) < 4.78 is 13.3. The van der Waals surface area contributed by atoms with Gasteiger partial charge in [0.05, 0.1) is 21.8 Å². The van der Waals surface area contributed by atoms with Crippen LogP contribution in [0.25, 0.3) is 0 Å². The Morgan fingerprint density at radius 2 is 1.10 bits per heavy atom. The first-order valence-electron chi connectivity index (χ1n) is 26.2. The molecule has 0 aliphatic carbocycles. The van der Waals surface area contributed by atoms with Gasteiger partial charge in [-0.25, -0.2) is 4.39 Å². The molecule has 4 atom stereocenters. The van der Waals surface area contributed by atoms with Crippen LogP contribution in [0.3, 0.4) is 0 Å². The number of nitrogens with one attached hydrogen (secondary N) is 1. The summed E-state index contributed by atoms with van der Waals surface area (Å²) in [7, 11) is 1.64. The van der Waals surface area contributed by atoms with Gasteiger partial charge in [-0.3, -0.25) is 14.6 Å². The fourth-order valence-corrected chi connectivity index (χ4v) is 14.9. The van der Waals surface area contributed by atoms with Gasteiger partial charge in [0, 0.05) is 42.6 Å². The van der Waals surface area contributed by atoms with Gasteiger partial charge in [0.15, 0.2) is 0 Å². The summed E-state index contributed by atoms with van der Waals surface area (Å²) in [6.45, 7) is 5.46. The third kappa shape index (κ3) is 11.9. The largest absolute Gasteiger partial charge is 0.399 e. The van der Waals surface area contributed by atoms with Crippen molar-refractivity contribution in [2.75, 3.05) is 51.3 Å². The molecule has 2 aliphatic rings. The van der Waals surface area contributed by atoms with Gasteiger partial charge in [-0.1, -0.05) is 206 Å². The molecule has 0 aromatic heterocycles. The standard InChI is InChI=1S/C64H69FN4O2S2/c1-3-59(67-71-2)62-58(49-35-37-56(65)38-36-49)47-57-39-40-60(62)69(57)43-22-42-68(44-46-73-64(53-29-16-7-17-30-53,54-31-18-8-19-32-54)55-33-20-9-21-34-55)48-61(70)66-41-45-72-63(50-23-10-4-11-24-50,51-25-12-5-13-26-51)52-27-14-6-15-28-52/h4-21,23-38,57-58,60,62H,3,22,39-48H2,1-2H3,(H,66,70)/t57?,58-,60?,62+/m0/s1. The summed E-state index contributed by atoms with van der Waals surface area (Å²) in [5.41, 5.74) is 9.58. The Labute approximate surface area is 441 Å². The zero-order chi connectivity index (χ0) is 50.3. The van der Waals surface area contributed by atoms with Crippen LogP contribution < -0.4 is 5.32 Å². The molecule has 2 saturated heterocycles. The Morgan fingerprint density at radius 3 is 1.53 bits per heavy atom. The van der Waals surface area contributed by atoms with Gasteiger partial charge >= 0.3 is 0 Å². The van der Waals surface area contributed by atoms with Crippen LogP contribution in [0.4, 0.5) is 4.39 Å². The summed E-state index contributed by atoms with van der Waals surface area (Å²) in [4.78, 5) is 25.0. The first-order chi connectivity index (χ1) is 35.9. The number of carbonyl (C=O) groups excluding carboxylic acids is 1. The lowest BCUT2D eigenvalue weighted by Crippen LogP contribution is -2.51. The second kappa shape index (κ2) is 25.3. The maximum absolute atomic E-state index is 14.4. The predicted octanol–water partition coefficient (Wildman–Crippen LogP) is 13.4. The fourth-order valence-electron chi connectivity index (χ4n) is 11.9. The highest BCUT2D eigenvalue weighted by Gasteiger charge is 2.49. The quantitative estimate of drug-likeness (QED) is 0.0282. The first-order valence-corrected chi connectivity index (χ1v) is 28.1. The number of carbonyl (C=O) groups is 1.